The molecule has 142 valence electrons. The molecule has 0 atom stereocenters. The van der Waals surface area contributed by atoms with Crippen LogP contribution in [0.4, 0.5) is 10.6 Å². The summed E-state index contributed by atoms with van der Waals surface area (Å²) in [6.07, 6.45) is 2.80. The highest BCUT2D eigenvalue weighted by Gasteiger charge is 2.20. The van der Waals surface area contributed by atoms with Crippen LogP contribution in [0.15, 0.2) is 42.6 Å². The minimum absolute atomic E-state index is 0.00681. The standard InChI is InChI=1S/C21H27N5O/c1-24-10-12-25(13-11-24)20-7-6-17(14-22-20)15-23-21(27)26-9-8-18-4-2-3-5-19(18)16-26/h2-7,14H,8-13,15-16H2,1H3,(H,23,27). The zero-order valence-electron chi connectivity index (χ0n) is 15.9. The van der Waals surface area contributed by atoms with E-state index in [2.05, 4.69) is 57.5 Å². The average molecular weight is 365 g/mol. The lowest BCUT2D eigenvalue weighted by Gasteiger charge is -2.33. The number of hydrogen-bond donors (Lipinski definition) is 1. The Morgan fingerprint density at radius 3 is 2.56 bits per heavy atom. The first-order chi connectivity index (χ1) is 13.2. The molecule has 0 radical (unpaired) electrons. The third kappa shape index (κ3) is 4.22. The molecule has 0 saturated carbocycles. The fourth-order valence-corrected chi connectivity index (χ4v) is 3.70. The Morgan fingerprint density at radius 1 is 1.04 bits per heavy atom. The van der Waals surface area contributed by atoms with E-state index in [4.69, 9.17) is 0 Å². The van der Waals surface area contributed by atoms with E-state index in [1.54, 1.807) is 0 Å². The summed E-state index contributed by atoms with van der Waals surface area (Å²) in [5, 5.41) is 3.03. The van der Waals surface area contributed by atoms with Gasteiger partial charge in [0.1, 0.15) is 5.82 Å². The summed E-state index contributed by atoms with van der Waals surface area (Å²) < 4.78 is 0. The Labute approximate surface area is 160 Å². The van der Waals surface area contributed by atoms with Gasteiger partial charge in [-0.3, -0.25) is 0 Å². The number of urea groups is 1. The molecule has 2 aromatic rings. The topological polar surface area (TPSA) is 51.7 Å². The van der Waals surface area contributed by atoms with E-state index in [9.17, 15) is 4.79 Å². The lowest BCUT2D eigenvalue weighted by Crippen LogP contribution is -2.44. The minimum atomic E-state index is -0.00681. The average Bonchev–Trinajstić information content (AvgIpc) is 2.72. The van der Waals surface area contributed by atoms with Crippen molar-refractivity contribution in [2.45, 2.75) is 19.5 Å². The number of amides is 2. The number of rotatable bonds is 3. The van der Waals surface area contributed by atoms with Crippen LogP contribution in [0.2, 0.25) is 0 Å². The van der Waals surface area contributed by atoms with E-state index in [-0.39, 0.29) is 6.03 Å². The maximum atomic E-state index is 12.5. The quantitative estimate of drug-likeness (QED) is 0.905. The Morgan fingerprint density at radius 2 is 1.81 bits per heavy atom. The van der Waals surface area contributed by atoms with Crippen LogP contribution in [0.3, 0.4) is 0 Å². The molecule has 0 spiro atoms. The van der Waals surface area contributed by atoms with Gasteiger partial charge in [-0.1, -0.05) is 30.3 Å². The Bertz CT molecular complexity index is 783. The molecule has 4 rings (SSSR count). The first kappa shape index (κ1) is 17.8. The molecule has 6 nitrogen and oxygen atoms in total. The maximum absolute atomic E-state index is 12.5. The highest BCUT2D eigenvalue weighted by atomic mass is 16.2. The normalized spacial score (nSPS) is 17.5. The Hall–Kier alpha value is -2.60. The number of pyridine rings is 1. The van der Waals surface area contributed by atoms with Crippen LogP contribution in [-0.2, 0) is 19.5 Å². The monoisotopic (exact) mass is 365 g/mol. The van der Waals surface area contributed by atoms with Crippen molar-refractivity contribution in [3.63, 3.8) is 0 Å². The van der Waals surface area contributed by atoms with Crippen molar-refractivity contribution in [2.24, 2.45) is 0 Å². The molecular formula is C21H27N5O. The zero-order chi connectivity index (χ0) is 18.6. The Balaban J connectivity index is 1.29. The minimum Gasteiger partial charge on any atom is -0.354 e. The van der Waals surface area contributed by atoms with E-state index < -0.39 is 0 Å². The highest BCUT2D eigenvalue weighted by molar-refractivity contribution is 5.74. The van der Waals surface area contributed by atoms with Gasteiger partial charge in [0.25, 0.3) is 0 Å². The van der Waals surface area contributed by atoms with Crippen molar-refractivity contribution in [2.75, 3.05) is 44.7 Å². The van der Waals surface area contributed by atoms with Crippen LogP contribution in [0.1, 0.15) is 16.7 Å². The number of hydrogen-bond acceptors (Lipinski definition) is 4. The second-order valence-corrected chi connectivity index (χ2v) is 7.41. The summed E-state index contributed by atoms with van der Waals surface area (Å²) in [6, 6.07) is 12.5. The maximum Gasteiger partial charge on any atom is 0.317 e. The lowest BCUT2D eigenvalue weighted by molar-refractivity contribution is 0.192. The third-order valence-electron chi connectivity index (χ3n) is 5.50. The summed E-state index contributed by atoms with van der Waals surface area (Å²) in [7, 11) is 2.15. The van der Waals surface area contributed by atoms with Gasteiger partial charge in [-0.25, -0.2) is 9.78 Å². The molecule has 1 aromatic heterocycles. The van der Waals surface area contributed by atoms with Gasteiger partial charge in [-0.05, 0) is 36.2 Å². The number of likely N-dealkylation sites (N-methyl/N-ethyl adjacent to an activating group) is 1. The van der Waals surface area contributed by atoms with Crippen molar-refractivity contribution >= 4 is 11.8 Å². The van der Waals surface area contributed by atoms with Crippen molar-refractivity contribution in [3.8, 4) is 0 Å². The molecule has 1 saturated heterocycles. The van der Waals surface area contributed by atoms with Crippen molar-refractivity contribution in [3.05, 3.63) is 59.3 Å². The van der Waals surface area contributed by atoms with Gasteiger partial charge in [0.15, 0.2) is 0 Å². The summed E-state index contributed by atoms with van der Waals surface area (Å²) in [6.45, 7) is 6.11. The predicted octanol–water partition coefficient (Wildman–Crippen LogP) is 2.10. The summed E-state index contributed by atoms with van der Waals surface area (Å²) >= 11 is 0. The molecule has 2 aliphatic heterocycles. The van der Waals surface area contributed by atoms with E-state index in [0.29, 0.717) is 13.1 Å². The SMILES string of the molecule is CN1CCN(c2ccc(CNC(=O)N3CCc4ccccc4C3)cn2)CC1. The molecule has 2 aliphatic rings. The summed E-state index contributed by atoms with van der Waals surface area (Å²) in [4.78, 5) is 23.6. The fourth-order valence-electron chi connectivity index (χ4n) is 3.70. The van der Waals surface area contributed by atoms with Crippen LogP contribution in [0.25, 0.3) is 0 Å². The smallest absolute Gasteiger partial charge is 0.317 e. The number of anilines is 1. The molecule has 27 heavy (non-hydrogen) atoms. The zero-order valence-corrected chi connectivity index (χ0v) is 15.9. The van der Waals surface area contributed by atoms with Gasteiger partial charge in [-0.15, -0.1) is 0 Å². The van der Waals surface area contributed by atoms with Gasteiger partial charge in [0.2, 0.25) is 0 Å². The van der Waals surface area contributed by atoms with Crippen molar-refractivity contribution in [1.82, 2.24) is 20.1 Å². The number of fused-ring (bicyclic) bond motifs is 1. The van der Waals surface area contributed by atoms with Crippen molar-refractivity contribution < 1.29 is 4.79 Å². The molecule has 1 fully saturated rings. The van der Waals surface area contributed by atoms with Gasteiger partial charge in [-0.2, -0.15) is 0 Å². The van der Waals surface area contributed by atoms with Gasteiger partial charge < -0.3 is 20.0 Å². The van der Waals surface area contributed by atoms with Crippen LogP contribution in [0, 0.1) is 0 Å². The molecule has 2 amide bonds. The number of carbonyl (C=O) groups excluding carboxylic acids is 1. The molecule has 3 heterocycles. The molecular weight excluding hydrogens is 338 g/mol. The largest absolute Gasteiger partial charge is 0.354 e. The second kappa shape index (κ2) is 7.96. The molecule has 1 aromatic carbocycles. The van der Waals surface area contributed by atoms with Gasteiger partial charge >= 0.3 is 6.03 Å². The van der Waals surface area contributed by atoms with E-state index >= 15 is 0 Å². The second-order valence-electron chi connectivity index (χ2n) is 7.41. The summed E-state index contributed by atoms with van der Waals surface area (Å²) in [5.41, 5.74) is 3.63. The number of benzene rings is 1. The highest BCUT2D eigenvalue weighted by Crippen LogP contribution is 2.18. The summed E-state index contributed by atoms with van der Waals surface area (Å²) in [5.74, 6) is 1.02. The van der Waals surface area contributed by atoms with Crippen LogP contribution >= 0.6 is 0 Å². The number of carbonyl (C=O) groups is 1. The first-order valence-corrected chi connectivity index (χ1v) is 9.67. The molecule has 1 N–H and O–H groups in total. The number of piperazine rings is 1. The Kier molecular flexibility index (Phi) is 5.25. The van der Waals surface area contributed by atoms with Crippen LogP contribution in [-0.4, -0.2) is 60.6 Å². The number of nitrogens with zero attached hydrogens (tertiary/aromatic N) is 4. The van der Waals surface area contributed by atoms with E-state index in [1.807, 2.05) is 17.2 Å². The third-order valence-corrected chi connectivity index (χ3v) is 5.50. The number of aromatic nitrogens is 1. The molecule has 0 aliphatic carbocycles. The van der Waals surface area contributed by atoms with E-state index in [0.717, 1.165) is 50.5 Å². The molecule has 0 unspecified atom stereocenters. The van der Waals surface area contributed by atoms with Gasteiger partial charge in [0, 0.05) is 52.0 Å². The predicted molar refractivity (Wildman–Crippen MR) is 107 cm³/mol. The van der Waals surface area contributed by atoms with E-state index in [1.165, 1.54) is 11.1 Å². The van der Waals surface area contributed by atoms with Crippen LogP contribution < -0.4 is 10.2 Å². The molecule has 6 heteroatoms. The number of nitrogens with one attached hydrogen (secondary N) is 1. The first-order valence-electron chi connectivity index (χ1n) is 9.67. The fraction of sp³-hybridized carbons (Fsp3) is 0.429. The van der Waals surface area contributed by atoms with Crippen LogP contribution in [0.5, 0.6) is 0 Å². The lowest BCUT2D eigenvalue weighted by atomic mass is 10.0. The van der Waals surface area contributed by atoms with Gasteiger partial charge in [0.05, 0.1) is 0 Å². The molecule has 0 bridgehead atoms. The van der Waals surface area contributed by atoms with Crippen molar-refractivity contribution in [1.29, 1.82) is 0 Å².